The number of thiazole rings is 1. The molecule has 0 bridgehead atoms. The zero-order valence-electron chi connectivity index (χ0n) is 17.1. The van der Waals surface area contributed by atoms with Gasteiger partial charge in [0.05, 0.1) is 27.3 Å². The second-order valence-corrected chi connectivity index (χ2v) is 7.78. The summed E-state index contributed by atoms with van der Waals surface area (Å²) in [4.78, 5) is 28.6. The average molecular weight is 449 g/mol. The molecule has 32 heavy (non-hydrogen) atoms. The molecule has 9 heteroatoms. The molecule has 0 spiro atoms. The summed E-state index contributed by atoms with van der Waals surface area (Å²) < 4.78 is 13.6. The average Bonchev–Trinajstić information content (AvgIpc) is 3.14. The van der Waals surface area contributed by atoms with Crippen LogP contribution >= 0.6 is 11.3 Å². The van der Waals surface area contributed by atoms with E-state index < -0.39 is 10.8 Å². The number of non-ortho nitro benzene ring substituents is 1. The van der Waals surface area contributed by atoms with Crippen molar-refractivity contribution in [2.45, 2.75) is 6.54 Å². The monoisotopic (exact) mass is 449 g/mol. The first kappa shape index (κ1) is 21.4. The van der Waals surface area contributed by atoms with E-state index in [1.54, 1.807) is 49.6 Å². The molecule has 0 aliphatic heterocycles. The molecule has 0 saturated carbocycles. The maximum absolute atomic E-state index is 13.1. The Kier molecular flexibility index (Phi) is 6.39. The molecule has 0 N–H and O–H groups in total. The number of methoxy groups -OCH3 is 1. The van der Waals surface area contributed by atoms with E-state index in [1.165, 1.54) is 23.5 Å². The molecular weight excluding hydrogens is 430 g/mol. The van der Waals surface area contributed by atoms with Crippen molar-refractivity contribution in [3.05, 3.63) is 93.3 Å². The smallest absolute Gasteiger partial charge is 0.283 e. The zero-order valence-corrected chi connectivity index (χ0v) is 18.0. The molecule has 1 aromatic heterocycles. The standard InChI is InChI=1S/C23H19N3O5S/c1-30-14-13-25-19-12-11-16(26(28)29)15-21(19)32-23(25)24-22(27)18-9-5-6-10-20(18)31-17-7-3-2-4-8-17/h2-12,15H,13-14H2,1H3. The van der Waals surface area contributed by atoms with Crippen LogP contribution in [0.4, 0.5) is 5.69 Å². The van der Waals surface area contributed by atoms with Gasteiger partial charge in [0.25, 0.3) is 11.6 Å². The van der Waals surface area contributed by atoms with Crippen molar-refractivity contribution >= 4 is 33.1 Å². The molecule has 4 rings (SSSR count). The van der Waals surface area contributed by atoms with Gasteiger partial charge in [0, 0.05) is 25.8 Å². The van der Waals surface area contributed by atoms with Gasteiger partial charge in [0.1, 0.15) is 11.5 Å². The number of benzene rings is 3. The van der Waals surface area contributed by atoms with Crippen molar-refractivity contribution in [2.75, 3.05) is 13.7 Å². The molecule has 0 atom stereocenters. The number of aromatic nitrogens is 1. The fourth-order valence-electron chi connectivity index (χ4n) is 3.15. The van der Waals surface area contributed by atoms with Crippen LogP contribution in [0.1, 0.15) is 10.4 Å². The molecule has 0 fully saturated rings. The Hall–Kier alpha value is -3.82. The second-order valence-electron chi connectivity index (χ2n) is 6.77. The van der Waals surface area contributed by atoms with Crippen molar-refractivity contribution in [2.24, 2.45) is 4.99 Å². The lowest BCUT2D eigenvalue weighted by molar-refractivity contribution is -0.384. The number of hydrogen-bond donors (Lipinski definition) is 0. The van der Waals surface area contributed by atoms with Crippen molar-refractivity contribution < 1.29 is 19.2 Å². The van der Waals surface area contributed by atoms with E-state index in [0.29, 0.717) is 39.7 Å². The van der Waals surface area contributed by atoms with E-state index in [-0.39, 0.29) is 5.69 Å². The van der Waals surface area contributed by atoms with E-state index in [4.69, 9.17) is 9.47 Å². The number of rotatable bonds is 7. The predicted molar refractivity (Wildman–Crippen MR) is 121 cm³/mol. The van der Waals surface area contributed by atoms with E-state index in [0.717, 1.165) is 5.52 Å². The fraction of sp³-hybridized carbons (Fsp3) is 0.130. The summed E-state index contributed by atoms with van der Waals surface area (Å²) in [6.45, 7) is 0.848. The van der Waals surface area contributed by atoms with Crippen LogP contribution in [0.25, 0.3) is 10.2 Å². The topological polar surface area (TPSA) is 96.0 Å². The summed E-state index contributed by atoms with van der Waals surface area (Å²) in [6, 6.07) is 20.7. The number of para-hydroxylation sites is 2. The summed E-state index contributed by atoms with van der Waals surface area (Å²) in [7, 11) is 1.58. The number of amides is 1. The largest absolute Gasteiger partial charge is 0.457 e. The van der Waals surface area contributed by atoms with Gasteiger partial charge in [-0.3, -0.25) is 14.9 Å². The first-order chi connectivity index (χ1) is 15.6. The number of nitro benzene ring substituents is 1. The van der Waals surface area contributed by atoms with Crippen LogP contribution in [0.2, 0.25) is 0 Å². The third kappa shape index (κ3) is 4.58. The Morgan fingerprint density at radius 1 is 1.09 bits per heavy atom. The lowest BCUT2D eigenvalue weighted by atomic mass is 10.2. The molecule has 0 aliphatic carbocycles. The van der Waals surface area contributed by atoms with E-state index in [9.17, 15) is 14.9 Å². The van der Waals surface area contributed by atoms with Gasteiger partial charge in [-0.05, 0) is 30.3 Å². The van der Waals surface area contributed by atoms with E-state index in [1.807, 2.05) is 22.8 Å². The lowest BCUT2D eigenvalue weighted by Gasteiger charge is -2.08. The first-order valence-electron chi connectivity index (χ1n) is 9.74. The number of fused-ring (bicyclic) bond motifs is 1. The van der Waals surface area contributed by atoms with Crippen LogP contribution in [0.15, 0.2) is 77.8 Å². The third-order valence-electron chi connectivity index (χ3n) is 4.68. The maximum atomic E-state index is 13.1. The number of nitro groups is 1. The fourth-order valence-corrected chi connectivity index (χ4v) is 4.24. The number of nitrogens with zero attached hydrogens (tertiary/aromatic N) is 3. The maximum Gasteiger partial charge on any atom is 0.283 e. The third-order valence-corrected chi connectivity index (χ3v) is 5.72. The number of hydrogen-bond acceptors (Lipinski definition) is 6. The molecule has 1 amide bonds. The highest BCUT2D eigenvalue weighted by Crippen LogP contribution is 2.26. The molecule has 4 aromatic rings. The summed E-state index contributed by atoms with van der Waals surface area (Å²) in [5.41, 5.74) is 1.05. The van der Waals surface area contributed by atoms with Gasteiger partial charge in [0.15, 0.2) is 4.80 Å². The zero-order chi connectivity index (χ0) is 22.5. The Balaban J connectivity index is 1.77. The summed E-state index contributed by atoms with van der Waals surface area (Å²) >= 11 is 1.21. The van der Waals surface area contributed by atoms with Crippen molar-refractivity contribution in [1.82, 2.24) is 4.57 Å². The summed E-state index contributed by atoms with van der Waals surface area (Å²) in [6.07, 6.45) is 0. The predicted octanol–water partition coefficient (Wildman–Crippen LogP) is 4.79. The summed E-state index contributed by atoms with van der Waals surface area (Å²) in [5.74, 6) is 0.536. The Bertz CT molecular complexity index is 1340. The van der Waals surface area contributed by atoms with Crippen LogP contribution in [-0.2, 0) is 11.3 Å². The molecule has 0 radical (unpaired) electrons. The van der Waals surface area contributed by atoms with Gasteiger partial charge in [0.2, 0.25) is 0 Å². The molecule has 3 aromatic carbocycles. The van der Waals surface area contributed by atoms with Crippen molar-refractivity contribution in [3.63, 3.8) is 0 Å². The SMILES string of the molecule is COCCn1c(=NC(=O)c2ccccc2Oc2ccccc2)sc2cc([N+](=O)[O-])ccc21. The Labute approximate surface area is 187 Å². The number of carbonyl (C=O) groups excluding carboxylic acids is 1. The minimum atomic E-state index is -0.469. The summed E-state index contributed by atoms with van der Waals surface area (Å²) in [5, 5.41) is 11.2. The Morgan fingerprint density at radius 3 is 2.59 bits per heavy atom. The van der Waals surface area contributed by atoms with Crippen molar-refractivity contribution in [3.8, 4) is 11.5 Å². The molecular formula is C23H19N3O5S. The minimum absolute atomic E-state index is 0.0166. The van der Waals surface area contributed by atoms with Gasteiger partial charge < -0.3 is 14.0 Å². The molecule has 0 aliphatic rings. The highest BCUT2D eigenvalue weighted by atomic mass is 32.1. The van der Waals surface area contributed by atoms with Crippen LogP contribution in [-0.4, -0.2) is 29.1 Å². The highest BCUT2D eigenvalue weighted by molar-refractivity contribution is 7.16. The van der Waals surface area contributed by atoms with Crippen LogP contribution in [0.5, 0.6) is 11.5 Å². The van der Waals surface area contributed by atoms with Gasteiger partial charge in [-0.2, -0.15) is 4.99 Å². The quantitative estimate of drug-likeness (QED) is 0.299. The molecule has 0 unspecified atom stereocenters. The van der Waals surface area contributed by atoms with Crippen LogP contribution < -0.4 is 9.54 Å². The van der Waals surface area contributed by atoms with Crippen LogP contribution in [0.3, 0.4) is 0 Å². The van der Waals surface area contributed by atoms with Gasteiger partial charge in [-0.1, -0.05) is 41.7 Å². The molecule has 0 saturated heterocycles. The molecule has 1 heterocycles. The van der Waals surface area contributed by atoms with Gasteiger partial charge >= 0.3 is 0 Å². The normalized spacial score (nSPS) is 11.6. The minimum Gasteiger partial charge on any atom is -0.457 e. The van der Waals surface area contributed by atoms with Crippen molar-refractivity contribution in [1.29, 1.82) is 0 Å². The highest BCUT2D eigenvalue weighted by Gasteiger charge is 2.15. The van der Waals surface area contributed by atoms with Crippen LogP contribution in [0, 0.1) is 10.1 Å². The molecule has 162 valence electrons. The number of ether oxygens (including phenoxy) is 2. The Morgan fingerprint density at radius 2 is 1.84 bits per heavy atom. The number of carbonyl (C=O) groups is 1. The van der Waals surface area contributed by atoms with Gasteiger partial charge in [-0.15, -0.1) is 0 Å². The first-order valence-corrected chi connectivity index (χ1v) is 10.6. The second kappa shape index (κ2) is 9.54. The lowest BCUT2D eigenvalue weighted by Crippen LogP contribution is -2.19. The van der Waals surface area contributed by atoms with Gasteiger partial charge in [-0.25, -0.2) is 0 Å². The van der Waals surface area contributed by atoms with E-state index in [2.05, 4.69) is 4.99 Å². The molecule has 8 nitrogen and oxygen atoms in total. The van der Waals surface area contributed by atoms with E-state index >= 15 is 0 Å².